The molecule has 1 aromatic rings. The van der Waals surface area contributed by atoms with Crippen LogP contribution in [0.15, 0.2) is 26.8 Å². The van der Waals surface area contributed by atoms with Crippen LogP contribution in [-0.2, 0) is 16.1 Å². The van der Waals surface area contributed by atoms with Crippen LogP contribution in [0.3, 0.4) is 0 Å². The zero-order valence-corrected chi connectivity index (χ0v) is 15.4. The number of nitrogens with zero attached hydrogens (tertiary/aromatic N) is 2. The van der Waals surface area contributed by atoms with E-state index < -0.39 is 29.4 Å². The van der Waals surface area contributed by atoms with Crippen LogP contribution in [0.5, 0.6) is 0 Å². The molecule has 0 saturated carbocycles. The number of nitrogens with two attached hydrogens (primary N) is 2. The maximum absolute atomic E-state index is 11.7. The number of aliphatic imine (C=N–C) groups is 1. The molecule has 0 aliphatic carbocycles. The molecule has 156 valence electrons. The number of carbonyl (C=O) groups excluding carboxylic acids is 1. The topological polar surface area (TPSA) is 195 Å². The summed E-state index contributed by atoms with van der Waals surface area (Å²) < 4.78 is 6.35. The molecule has 28 heavy (non-hydrogen) atoms. The van der Waals surface area contributed by atoms with Crippen LogP contribution in [-0.4, -0.2) is 51.9 Å². The van der Waals surface area contributed by atoms with E-state index in [1.807, 2.05) is 0 Å². The predicted molar refractivity (Wildman–Crippen MR) is 101 cm³/mol. The van der Waals surface area contributed by atoms with Crippen molar-refractivity contribution in [3.05, 3.63) is 33.1 Å². The fourth-order valence-corrected chi connectivity index (χ4v) is 2.29. The molecule has 0 saturated heterocycles. The number of aryl methyl sites for hydroxylation is 1. The minimum absolute atomic E-state index is 0.0790. The third-order valence-electron chi connectivity index (χ3n) is 3.71. The Morgan fingerprint density at radius 1 is 1.25 bits per heavy atom. The fourth-order valence-electron chi connectivity index (χ4n) is 2.29. The monoisotopic (exact) mass is 398 g/mol. The lowest BCUT2D eigenvalue weighted by atomic mass is 10.1. The van der Waals surface area contributed by atoms with Gasteiger partial charge in [-0.25, -0.2) is 14.4 Å². The number of amides is 1. The van der Waals surface area contributed by atoms with E-state index in [2.05, 4.69) is 15.3 Å². The Morgan fingerprint density at radius 2 is 2.00 bits per heavy atom. The molecule has 12 nitrogen and oxygen atoms in total. The normalized spacial score (nSPS) is 11.4. The van der Waals surface area contributed by atoms with E-state index in [4.69, 9.17) is 21.3 Å². The number of guanidine groups is 1. The highest BCUT2D eigenvalue weighted by molar-refractivity contribution is 5.79. The van der Waals surface area contributed by atoms with E-state index in [-0.39, 0.29) is 25.5 Å². The number of alkyl carbamates (subject to hydrolysis) is 1. The number of aliphatic carboxylic acids is 1. The van der Waals surface area contributed by atoms with Gasteiger partial charge < -0.3 is 31.2 Å². The summed E-state index contributed by atoms with van der Waals surface area (Å²) in [5.41, 5.74) is 9.44. The van der Waals surface area contributed by atoms with Gasteiger partial charge in [0, 0.05) is 25.4 Å². The number of H-pyrrole nitrogens is 1. The van der Waals surface area contributed by atoms with E-state index in [1.54, 1.807) is 0 Å². The molecule has 0 aliphatic heterocycles. The SMILES string of the molecule is NC(N)=NCCC[C@H](NC(=O)OCCCCCn1ccc(=O)[nH]c1=O)C(=O)O. The number of carboxylic acid groups (broad SMARTS) is 1. The zero-order valence-electron chi connectivity index (χ0n) is 15.4. The fraction of sp³-hybridized carbons (Fsp3) is 0.562. The summed E-state index contributed by atoms with van der Waals surface area (Å²) in [7, 11) is 0. The third kappa shape index (κ3) is 9.40. The summed E-state index contributed by atoms with van der Waals surface area (Å²) in [4.78, 5) is 51.2. The molecule has 1 aromatic heterocycles. The van der Waals surface area contributed by atoms with Crippen molar-refractivity contribution in [2.75, 3.05) is 13.2 Å². The van der Waals surface area contributed by atoms with Crippen molar-refractivity contribution < 1.29 is 19.4 Å². The first kappa shape index (κ1) is 22.7. The van der Waals surface area contributed by atoms with E-state index in [9.17, 15) is 19.2 Å². The summed E-state index contributed by atoms with van der Waals surface area (Å²) in [6.07, 6.45) is 3.04. The molecule has 1 atom stereocenters. The van der Waals surface area contributed by atoms with E-state index in [0.29, 0.717) is 32.2 Å². The molecular weight excluding hydrogens is 372 g/mol. The van der Waals surface area contributed by atoms with Crippen molar-refractivity contribution >= 4 is 18.0 Å². The molecule has 0 unspecified atom stereocenters. The number of hydrogen-bond donors (Lipinski definition) is 5. The second-order valence-corrected chi connectivity index (χ2v) is 5.98. The first-order valence-corrected chi connectivity index (χ1v) is 8.81. The zero-order chi connectivity index (χ0) is 20.9. The average Bonchev–Trinajstić information content (AvgIpc) is 2.61. The molecule has 0 aliphatic rings. The first-order chi connectivity index (χ1) is 13.3. The third-order valence-corrected chi connectivity index (χ3v) is 3.71. The van der Waals surface area contributed by atoms with Crippen molar-refractivity contribution in [2.45, 2.75) is 44.7 Å². The molecule has 0 radical (unpaired) electrons. The van der Waals surface area contributed by atoms with Gasteiger partial charge in [-0.15, -0.1) is 0 Å². The Labute approximate surface area is 160 Å². The Hall–Kier alpha value is -3.31. The van der Waals surface area contributed by atoms with Gasteiger partial charge in [0.05, 0.1) is 6.61 Å². The van der Waals surface area contributed by atoms with Gasteiger partial charge in [-0.05, 0) is 32.1 Å². The number of nitrogens with one attached hydrogen (secondary N) is 2. The Kier molecular flexibility index (Phi) is 9.86. The molecule has 0 aromatic carbocycles. The number of carbonyl (C=O) groups is 2. The Bertz CT molecular complexity index is 782. The summed E-state index contributed by atoms with van der Waals surface area (Å²) >= 11 is 0. The van der Waals surface area contributed by atoms with Gasteiger partial charge in [-0.1, -0.05) is 0 Å². The number of carboxylic acids is 1. The molecule has 0 fully saturated rings. The lowest BCUT2D eigenvalue weighted by molar-refractivity contribution is -0.139. The molecule has 1 amide bonds. The smallest absolute Gasteiger partial charge is 0.407 e. The summed E-state index contributed by atoms with van der Waals surface area (Å²) in [6, 6.07) is 0.180. The van der Waals surface area contributed by atoms with Gasteiger partial charge in [0.2, 0.25) is 0 Å². The van der Waals surface area contributed by atoms with Crippen molar-refractivity contribution in [1.29, 1.82) is 0 Å². The molecular formula is C16H26N6O6. The number of hydrogen-bond acceptors (Lipinski definition) is 6. The molecule has 0 spiro atoms. The van der Waals surface area contributed by atoms with Crippen LogP contribution in [0.25, 0.3) is 0 Å². The summed E-state index contributed by atoms with van der Waals surface area (Å²) in [6.45, 7) is 0.812. The Morgan fingerprint density at radius 3 is 2.64 bits per heavy atom. The van der Waals surface area contributed by atoms with Crippen molar-refractivity contribution in [3.8, 4) is 0 Å². The number of unbranched alkanes of at least 4 members (excludes halogenated alkanes) is 2. The molecule has 12 heteroatoms. The molecule has 1 rings (SSSR count). The van der Waals surface area contributed by atoms with Crippen molar-refractivity contribution in [3.63, 3.8) is 0 Å². The standard InChI is InChI=1S/C16H26N6O6/c17-14(18)19-7-4-5-11(13(24)25)20-16(27)28-10-3-1-2-8-22-9-6-12(23)21-15(22)26/h6,9,11H,1-5,7-8,10H2,(H,20,27)(H,24,25)(H4,17,18,19)(H,21,23,26)/t11-/m0/s1. The highest BCUT2D eigenvalue weighted by Crippen LogP contribution is 2.01. The second kappa shape index (κ2) is 12.1. The number of rotatable bonds is 12. The highest BCUT2D eigenvalue weighted by Gasteiger charge is 2.20. The van der Waals surface area contributed by atoms with Gasteiger partial charge in [0.15, 0.2) is 5.96 Å². The van der Waals surface area contributed by atoms with Crippen LogP contribution in [0.1, 0.15) is 32.1 Å². The molecule has 0 bridgehead atoms. The minimum Gasteiger partial charge on any atom is -0.480 e. The van der Waals surface area contributed by atoms with Gasteiger partial charge in [0.1, 0.15) is 6.04 Å². The summed E-state index contributed by atoms with van der Waals surface area (Å²) in [5.74, 6) is -1.25. The van der Waals surface area contributed by atoms with Gasteiger partial charge >= 0.3 is 17.8 Å². The van der Waals surface area contributed by atoms with Crippen LogP contribution < -0.4 is 28.0 Å². The number of aromatic nitrogens is 2. The lowest BCUT2D eigenvalue weighted by Crippen LogP contribution is -2.41. The van der Waals surface area contributed by atoms with E-state index in [1.165, 1.54) is 16.8 Å². The van der Waals surface area contributed by atoms with Crippen LogP contribution in [0.2, 0.25) is 0 Å². The Balaban J connectivity index is 2.21. The van der Waals surface area contributed by atoms with Crippen molar-refractivity contribution in [1.82, 2.24) is 14.9 Å². The minimum atomic E-state index is -1.17. The number of aromatic amines is 1. The van der Waals surface area contributed by atoms with Gasteiger partial charge in [-0.3, -0.25) is 14.8 Å². The molecule has 1 heterocycles. The first-order valence-electron chi connectivity index (χ1n) is 8.81. The maximum atomic E-state index is 11.7. The van der Waals surface area contributed by atoms with Crippen LogP contribution in [0.4, 0.5) is 4.79 Å². The number of ether oxygens (including phenoxy) is 1. The quantitative estimate of drug-likeness (QED) is 0.167. The van der Waals surface area contributed by atoms with Crippen molar-refractivity contribution in [2.24, 2.45) is 16.5 Å². The van der Waals surface area contributed by atoms with Gasteiger partial charge in [-0.2, -0.15) is 0 Å². The largest absolute Gasteiger partial charge is 0.480 e. The average molecular weight is 398 g/mol. The second-order valence-electron chi connectivity index (χ2n) is 5.98. The lowest BCUT2D eigenvalue weighted by Gasteiger charge is -2.14. The molecule has 7 N–H and O–H groups in total. The van der Waals surface area contributed by atoms with Crippen LogP contribution in [0, 0.1) is 0 Å². The summed E-state index contributed by atoms with van der Waals surface area (Å²) in [5, 5.41) is 11.4. The maximum Gasteiger partial charge on any atom is 0.407 e. The highest BCUT2D eigenvalue weighted by atomic mass is 16.5. The predicted octanol–water partition coefficient (Wildman–Crippen LogP) is -1.06. The van der Waals surface area contributed by atoms with E-state index >= 15 is 0 Å². The van der Waals surface area contributed by atoms with E-state index in [0.717, 1.165) is 0 Å². The van der Waals surface area contributed by atoms with Crippen LogP contribution >= 0.6 is 0 Å². The van der Waals surface area contributed by atoms with Gasteiger partial charge in [0.25, 0.3) is 5.56 Å².